The summed E-state index contributed by atoms with van der Waals surface area (Å²) in [6.07, 6.45) is 1.62. The van der Waals surface area contributed by atoms with Crippen LogP contribution in [0.5, 0.6) is 0 Å². The second-order valence-electron chi connectivity index (χ2n) is 5.56. The third kappa shape index (κ3) is 8.62. The van der Waals surface area contributed by atoms with Crippen LogP contribution in [0, 0.1) is 0 Å². The average Bonchev–Trinajstić information content (AvgIpc) is 2.56. The van der Waals surface area contributed by atoms with Crippen LogP contribution in [0.15, 0.2) is 29.3 Å². The van der Waals surface area contributed by atoms with Gasteiger partial charge in [-0.1, -0.05) is 12.1 Å². The fourth-order valence-corrected chi connectivity index (χ4v) is 1.87. The summed E-state index contributed by atoms with van der Waals surface area (Å²) in [5, 5.41) is 9.21. The van der Waals surface area contributed by atoms with Crippen molar-refractivity contribution in [3.8, 4) is 0 Å². The first kappa shape index (κ1) is 22.8. The van der Waals surface area contributed by atoms with Gasteiger partial charge in [0.25, 0.3) is 0 Å². The van der Waals surface area contributed by atoms with Gasteiger partial charge >= 0.3 is 6.09 Å². The van der Waals surface area contributed by atoms with Crippen LogP contribution in [0.2, 0.25) is 0 Å². The number of anilines is 1. The molecule has 0 aliphatic heterocycles. The number of hydrogen-bond donors (Lipinski definition) is 3. The molecule has 0 spiro atoms. The number of carbonyl (C=O) groups is 1. The Balaban J connectivity index is 0.00000529. The number of benzene rings is 1. The number of hydrogen-bond acceptors (Lipinski definition) is 4. The van der Waals surface area contributed by atoms with Crippen molar-refractivity contribution in [2.24, 2.45) is 4.99 Å². The Hall–Kier alpha value is -1.16. The predicted octanol–water partition coefficient (Wildman–Crippen LogP) is 3.29. The molecule has 0 atom stereocenters. The van der Waals surface area contributed by atoms with Gasteiger partial charge in [0.05, 0.1) is 7.11 Å². The first-order valence-electron chi connectivity index (χ1n) is 7.34. The van der Waals surface area contributed by atoms with E-state index in [4.69, 9.17) is 0 Å². The number of aliphatic imine (C=N–C) groups is 1. The van der Waals surface area contributed by atoms with Gasteiger partial charge in [-0.25, -0.2) is 4.79 Å². The standard InChI is InChI=1S/C16H26N4O2S.HI/c1-16(2,23-5)11-19-14(17-3)18-10-12-6-8-13(9-7-12)20-15(21)22-4;/h6-9H,10-11H2,1-5H3,(H,20,21)(H2,17,18,19);1H. The van der Waals surface area contributed by atoms with E-state index >= 15 is 0 Å². The molecule has 0 unspecified atom stereocenters. The van der Waals surface area contributed by atoms with Gasteiger partial charge in [-0.15, -0.1) is 24.0 Å². The maximum Gasteiger partial charge on any atom is 0.411 e. The number of halogens is 1. The summed E-state index contributed by atoms with van der Waals surface area (Å²) >= 11 is 1.81. The quantitative estimate of drug-likeness (QED) is 0.341. The van der Waals surface area contributed by atoms with Crippen molar-refractivity contribution in [2.45, 2.75) is 25.1 Å². The Labute approximate surface area is 165 Å². The Morgan fingerprint density at radius 1 is 1.25 bits per heavy atom. The van der Waals surface area contributed by atoms with Gasteiger partial charge in [-0.05, 0) is 37.8 Å². The highest BCUT2D eigenvalue weighted by atomic mass is 127. The SMILES string of the molecule is CN=C(NCc1ccc(NC(=O)OC)cc1)NCC(C)(C)SC.I. The molecule has 1 aromatic carbocycles. The van der Waals surface area contributed by atoms with Crippen LogP contribution in [0.1, 0.15) is 19.4 Å². The molecule has 8 heteroatoms. The topological polar surface area (TPSA) is 74.8 Å². The molecule has 0 radical (unpaired) electrons. The van der Waals surface area contributed by atoms with E-state index in [1.54, 1.807) is 7.05 Å². The summed E-state index contributed by atoms with van der Waals surface area (Å²) in [7, 11) is 3.09. The predicted molar refractivity (Wildman–Crippen MR) is 114 cm³/mol. The maximum atomic E-state index is 11.1. The summed E-state index contributed by atoms with van der Waals surface area (Å²) in [5.74, 6) is 0.767. The molecule has 0 saturated carbocycles. The van der Waals surface area contributed by atoms with Gasteiger partial charge in [0.2, 0.25) is 0 Å². The van der Waals surface area contributed by atoms with Crippen LogP contribution in [0.3, 0.4) is 0 Å². The first-order chi connectivity index (χ1) is 10.9. The van der Waals surface area contributed by atoms with Crippen molar-refractivity contribution in [1.82, 2.24) is 10.6 Å². The monoisotopic (exact) mass is 466 g/mol. The summed E-state index contributed by atoms with van der Waals surface area (Å²) < 4.78 is 4.70. The van der Waals surface area contributed by atoms with Crippen LogP contribution in [0.4, 0.5) is 10.5 Å². The number of carbonyl (C=O) groups excluding carboxylic acids is 1. The Morgan fingerprint density at radius 3 is 2.38 bits per heavy atom. The summed E-state index contributed by atoms with van der Waals surface area (Å²) in [6.45, 7) is 5.85. The Bertz CT molecular complexity index is 535. The lowest BCUT2D eigenvalue weighted by molar-refractivity contribution is 0.187. The third-order valence-electron chi connectivity index (χ3n) is 3.30. The molecule has 6 nitrogen and oxygen atoms in total. The first-order valence-corrected chi connectivity index (χ1v) is 8.56. The van der Waals surface area contributed by atoms with E-state index in [1.807, 2.05) is 36.0 Å². The average molecular weight is 466 g/mol. The molecule has 0 aromatic heterocycles. The fraction of sp³-hybridized carbons (Fsp3) is 0.500. The lowest BCUT2D eigenvalue weighted by atomic mass is 10.2. The normalized spacial score (nSPS) is 11.3. The molecular formula is C16H27IN4O2S. The van der Waals surface area contributed by atoms with Gasteiger partial charge in [-0.3, -0.25) is 10.3 Å². The van der Waals surface area contributed by atoms with E-state index in [2.05, 4.69) is 45.8 Å². The lowest BCUT2D eigenvalue weighted by Gasteiger charge is -2.23. The number of nitrogens with one attached hydrogen (secondary N) is 3. The molecule has 24 heavy (non-hydrogen) atoms. The Morgan fingerprint density at radius 2 is 1.88 bits per heavy atom. The highest BCUT2D eigenvalue weighted by molar-refractivity contribution is 14.0. The number of methoxy groups -OCH3 is 1. The molecule has 0 saturated heterocycles. The van der Waals surface area contributed by atoms with Crippen LogP contribution < -0.4 is 16.0 Å². The Kier molecular flexibility index (Phi) is 10.9. The van der Waals surface area contributed by atoms with Crippen molar-refractivity contribution in [1.29, 1.82) is 0 Å². The smallest absolute Gasteiger partial charge is 0.411 e. The van der Waals surface area contributed by atoms with Gasteiger partial charge in [-0.2, -0.15) is 11.8 Å². The molecule has 1 amide bonds. The second-order valence-corrected chi connectivity index (χ2v) is 7.07. The van der Waals surface area contributed by atoms with Gasteiger partial charge in [0, 0.05) is 30.6 Å². The molecule has 0 bridgehead atoms. The van der Waals surface area contributed by atoms with Crippen molar-refractivity contribution in [3.63, 3.8) is 0 Å². The molecule has 3 N–H and O–H groups in total. The third-order valence-corrected chi connectivity index (χ3v) is 4.55. The molecule has 0 heterocycles. The fourth-order valence-electron chi connectivity index (χ4n) is 1.65. The van der Waals surface area contributed by atoms with E-state index in [0.29, 0.717) is 12.2 Å². The number of nitrogens with zero attached hydrogens (tertiary/aromatic N) is 1. The molecule has 1 aromatic rings. The molecule has 136 valence electrons. The number of rotatable bonds is 6. The van der Waals surface area contributed by atoms with Gasteiger partial charge < -0.3 is 15.4 Å². The van der Waals surface area contributed by atoms with E-state index in [1.165, 1.54) is 7.11 Å². The number of ether oxygens (including phenoxy) is 1. The van der Waals surface area contributed by atoms with Crippen LogP contribution >= 0.6 is 35.7 Å². The zero-order valence-corrected chi connectivity index (χ0v) is 18.0. The van der Waals surface area contributed by atoms with Crippen molar-refractivity contribution in [3.05, 3.63) is 29.8 Å². The van der Waals surface area contributed by atoms with E-state index in [-0.39, 0.29) is 28.7 Å². The van der Waals surface area contributed by atoms with Gasteiger partial charge in [0.15, 0.2) is 5.96 Å². The van der Waals surface area contributed by atoms with Gasteiger partial charge in [0.1, 0.15) is 0 Å². The summed E-state index contributed by atoms with van der Waals surface area (Å²) in [5.41, 5.74) is 1.79. The lowest BCUT2D eigenvalue weighted by Crippen LogP contribution is -2.42. The zero-order valence-electron chi connectivity index (χ0n) is 14.8. The molecule has 0 fully saturated rings. The number of guanidine groups is 1. The van der Waals surface area contributed by atoms with Crippen molar-refractivity contribution in [2.75, 3.05) is 32.3 Å². The maximum absolute atomic E-state index is 11.1. The minimum absolute atomic E-state index is 0. The molecule has 0 aliphatic rings. The van der Waals surface area contributed by atoms with E-state index < -0.39 is 6.09 Å². The molecule has 0 aliphatic carbocycles. The highest BCUT2D eigenvalue weighted by Gasteiger charge is 2.15. The van der Waals surface area contributed by atoms with Crippen molar-refractivity contribution >= 4 is 53.5 Å². The number of thioether (sulfide) groups is 1. The zero-order chi connectivity index (χ0) is 17.3. The molecular weight excluding hydrogens is 439 g/mol. The van der Waals surface area contributed by atoms with Crippen LogP contribution in [-0.2, 0) is 11.3 Å². The summed E-state index contributed by atoms with van der Waals surface area (Å²) in [6, 6.07) is 7.55. The van der Waals surface area contributed by atoms with E-state index in [9.17, 15) is 4.79 Å². The van der Waals surface area contributed by atoms with E-state index in [0.717, 1.165) is 18.1 Å². The minimum Gasteiger partial charge on any atom is -0.453 e. The number of amides is 1. The summed E-state index contributed by atoms with van der Waals surface area (Å²) in [4.78, 5) is 15.3. The van der Waals surface area contributed by atoms with Crippen molar-refractivity contribution < 1.29 is 9.53 Å². The highest BCUT2D eigenvalue weighted by Crippen LogP contribution is 2.19. The second kappa shape index (κ2) is 11.4. The molecule has 1 rings (SSSR count). The van der Waals surface area contributed by atoms with Crippen LogP contribution in [0.25, 0.3) is 0 Å². The minimum atomic E-state index is -0.475. The van der Waals surface area contributed by atoms with Crippen LogP contribution in [-0.4, -0.2) is 43.8 Å². The largest absolute Gasteiger partial charge is 0.453 e.